The van der Waals surface area contributed by atoms with Crippen molar-refractivity contribution in [3.8, 4) is 11.3 Å². The monoisotopic (exact) mass is 1620 g/mol. The predicted molar refractivity (Wildman–Crippen MR) is 382 cm³/mol. The molecule has 106 heavy (non-hydrogen) atoms. The summed E-state index contributed by atoms with van der Waals surface area (Å²) in [4.78, 5) is 63.9. The number of anilines is 1. The molecule has 4 aliphatic rings. The summed E-state index contributed by atoms with van der Waals surface area (Å²) in [5.74, 6) is -0.560. The molecule has 4 aliphatic carbocycles. The predicted octanol–water partition coefficient (Wildman–Crippen LogP) is 6.25. The van der Waals surface area contributed by atoms with E-state index in [-0.39, 0.29) is 49.6 Å². The smallest absolute Gasteiger partial charge is 0.382 e. The highest BCUT2D eigenvalue weighted by Gasteiger charge is 2.42. The number of aliphatic hydroxyl groups is 1. The first kappa shape index (κ1) is 81.4. The summed E-state index contributed by atoms with van der Waals surface area (Å²) in [5.41, 5.74) is 1.75. The van der Waals surface area contributed by atoms with E-state index in [0.717, 1.165) is 125 Å². The van der Waals surface area contributed by atoms with E-state index in [1.54, 1.807) is 6.07 Å². The van der Waals surface area contributed by atoms with Gasteiger partial charge in [-0.25, -0.2) is 67.3 Å². The first-order valence-electron chi connectivity index (χ1n) is 33.6. The fourth-order valence-corrected chi connectivity index (χ4v) is 24.1. The number of carbonyl (C=O) groups is 1. The van der Waals surface area contributed by atoms with Crippen LogP contribution in [-0.4, -0.2) is 137 Å². The van der Waals surface area contributed by atoms with Gasteiger partial charge in [0, 0.05) is 53.5 Å². The molecule has 3 aromatic carbocycles. The number of hydrogen-bond donors (Lipinski definition) is 6. The first-order valence-corrected chi connectivity index (χ1v) is 46.2. The third kappa shape index (κ3) is 19.2. The standard InChI is InChI=1S/C18H21N2O7S2.C17H22N3O7S3.C16H19N2O3S.C15H18N3O5S2/c21-12-16(22)13-6-8-15(9-7-13)28(24,25)17-10-11-18(20(23)19-17)29(26,27)14-4-2-1-3-5-14;1-28(22,23)19-13-7-9-15(10-8-13)29(24,25)16-11-12-17(20(21)18-16)30(26,27)14-5-3-2-4-6-14;19-18-16(22(20,21)14-9-5-2-6-10-14)12-11-15(17-18)13-7-3-1-4-8-13;19-18-15(25(22,23)12-4-2-1-3-5-12)7-6-14(17-18)24(20,21)13-8-10-16-11-9-13/h6-11,14,21H,1-5,12H2,(H,19,23);7-12,14,19H,2-6H2,1H3,(H,18,21);1,3-4,7-8,11-12,14H,2,5-6,9-10H2,(H,17,19);6-12H,1-5H2,(H,17,19)/q4*+1. The van der Waals surface area contributed by atoms with Gasteiger partial charge in [-0.15, -0.1) is 20.4 Å². The third-order valence-electron chi connectivity index (χ3n) is 18.3. The number of Topliss-reactive ketones (excluding diaryl/α,β-unsaturated/α-hetero) is 1. The Hall–Kier alpha value is -8.64. The fraction of sp³-hybridized carbons (Fsp3) is 0.394. The van der Waals surface area contributed by atoms with Gasteiger partial charge in [-0.2, -0.15) is 0 Å². The average molecular weight is 1620 g/mol. The summed E-state index contributed by atoms with van der Waals surface area (Å²) >= 11 is 0. The maximum atomic E-state index is 12.8. The lowest BCUT2D eigenvalue weighted by Crippen LogP contribution is -2.35. The van der Waals surface area contributed by atoms with Crippen molar-refractivity contribution >= 4 is 90.4 Å². The number of rotatable bonds is 19. The van der Waals surface area contributed by atoms with Crippen molar-refractivity contribution in [1.82, 2.24) is 25.4 Å². The molecule has 0 bridgehead atoms. The molecule has 0 spiro atoms. The number of sulfone groups is 7. The number of aromatic nitrogens is 9. The van der Waals surface area contributed by atoms with Gasteiger partial charge in [0.2, 0.25) is 78.9 Å². The summed E-state index contributed by atoms with van der Waals surface area (Å²) in [7, 11) is -30.9. The number of nitrogens with zero attached hydrogens (tertiary/aromatic N) is 5. The van der Waals surface area contributed by atoms with Crippen LogP contribution in [0.1, 0.15) is 139 Å². The number of carbonyl (C=O) groups excluding carboxylic acids is 1. The van der Waals surface area contributed by atoms with Crippen molar-refractivity contribution in [3.63, 3.8) is 0 Å². The highest BCUT2D eigenvalue weighted by molar-refractivity contribution is 7.93. The second kappa shape index (κ2) is 34.1. The SMILES string of the molecule is CS(=O)(=O)Nc1ccc(S(=O)(=O)c2ccc(S(=O)(=O)C3CCCCC3)[n+](=O)[nH]2)cc1.O=C(CO)c1ccc(S(=O)(=O)c2ccc(S(=O)(=O)C3CCCCC3)[n+](=O)[nH]2)cc1.O=[n+]1[nH]c(-c2ccccc2)ccc1S(=O)(=O)C1CCCCC1.O=[n+]1[nH]c(S(=O)(=O)c2ccncc2)ccc1S(=O)(=O)C1CCCCC1. The van der Waals surface area contributed by atoms with Crippen molar-refractivity contribution in [3.05, 3.63) is 177 Å². The van der Waals surface area contributed by atoms with Gasteiger partial charge in [0.1, 0.15) is 12.3 Å². The topological polar surface area (TPSA) is 490 Å². The van der Waals surface area contributed by atoms with E-state index in [2.05, 4.69) is 30.1 Å². The highest BCUT2D eigenvalue weighted by Crippen LogP contribution is 2.33. The molecule has 0 atom stereocenters. The first-order chi connectivity index (χ1) is 50.0. The third-order valence-corrected chi connectivity index (χ3v) is 33.0. The molecule has 6 N–H and O–H groups in total. The molecule has 0 saturated heterocycles. The summed E-state index contributed by atoms with van der Waals surface area (Å²) in [5, 5.41) is 12.5. The number of ketones is 1. The number of aromatic amines is 4. The number of aliphatic hydroxyl groups excluding tert-OH is 1. The fourth-order valence-electron chi connectivity index (χ4n) is 12.6. The van der Waals surface area contributed by atoms with Crippen LogP contribution in [-0.2, 0) is 78.9 Å². The van der Waals surface area contributed by atoms with E-state index in [1.807, 2.05) is 30.3 Å². The van der Waals surface area contributed by atoms with Gasteiger partial charge in [0.25, 0.3) is 0 Å². The van der Waals surface area contributed by atoms with Crippen molar-refractivity contribution in [2.75, 3.05) is 17.6 Å². The van der Waals surface area contributed by atoms with Gasteiger partial charge in [-0.05, 0) is 124 Å². The zero-order valence-electron chi connectivity index (χ0n) is 57.1. The summed E-state index contributed by atoms with van der Waals surface area (Å²) in [6.07, 6.45) is 18.3. The maximum Gasteiger partial charge on any atom is 0.382 e. The van der Waals surface area contributed by atoms with Gasteiger partial charge < -0.3 is 5.11 Å². The van der Waals surface area contributed by atoms with Gasteiger partial charge in [0.05, 0.1) is 61.6 Å². The Balaban J connectivity index is 0.000000164. The van der Waals surface area contributed by atoms with Gasteiger partial charge in [-0.1, -0.05) is 120 Å². The number of benzene rings is 3. The van der Waals surface area contributed by atoms with E-state index in [0.29, 0.717) is 61.6 Å². The quantitative estimate of drug-likeness (QED) is 0.0385. The number of hydrogen-bond acceptors (Lipinski definition) is 23. The van der Waals surface area contributed by atoms with Crippen molar-refractivity contribution in [2.45, 2.75) is 199 Å². The molecular weight excluding hydrogens is 1540 g/mol. The van der Waals surface area contributed by atoms with Crippen molar-refractivity contribution < 1.29 is 95.4 Å². The Kier molecular flexibility index (Phi) is 26.2. The van der Waals surface area contributed by atoms with Crippen LogP contribution in [0.25, 0.3) is 11.3 Å². The molecule has 0 aliphatic heterocycles. The molecule has 4 saturated carbocycles. The minimum Gasteiger partial charge on any atom is -0.388 e. The van der Waals surface area contributed by atoms with E-state index in [4.69, 9.17) is 5.11 Å². The second-order valence-electron chi connectivity index (χ2n) is 25.6. The molecule has 8 aromatic rings. The lowest BCUT2D eigenvalue weighted by atomic mass is 10.0. The molecule has 40 heteroatoms. The minimum atomic E-state index is -4.16. The van der Waals surface area contributed by atoms with Gasteiger partial charge in [-0.3, -0.25) is 14.5 Å². The highest BCUT2D eigenvalue weighted by atomic mass is 32.2. The summed E-state index contributed by atoms with van der Waals surface area (Å²) < 4.78 is 202. The Morgan fingerprint density at radius 2 is 0.689 bits per heavy atom. The Bertz CT molecular complexity index is 5730. The van der Waals surface area contributed by atoms with Crippen molar-refractivity contribution in [2.24, 2.45) is 0 Å². The normalized spacial score (nSPS) is 16.3. The van der Waals surface area contributed by atoms with Crippen LogP contribution >= 0.6 is 0 Å². The van der Waals surface area contributed by atoms with Crippen LogP contribution in [0, 0.1) is 19.6 Å². The number of H-pyrrole nitrogens is 4. The second-order valence-corrected chi connectivity index (χ2v) is 41.8. The maximum absolute atomic E-state index is 12.8. The Morgan fingerprint density at radius 3 is 0.991 bits per heavy atom. The molecule has 570 valence electrons. The van der Waals surface area contributed by atoms with Crippen LogP contribution in [0.2, 0.25) is 0 Å². The van der Waals surface area contributed by atoms with E-state index < -0.39 is 137 Å². The zero-order valence-corrected chi connectivity index (χ0v) is 63.6. The summed E-state index contributed by atoms with van der Waals surface area (Å²) in [6, 6.07) is 31.0. The Labute approximate surface area is 612 Å². The molecule has 5 heterocycles. The number of nitrogens with one attached hydrogen (secondary N) is 5. The lowest BCUT2D eigenvalue weighted by Gasteiger charge is -2.18. The van der Waals surface area contributed by atoms with Crippen LogP contribution in [0.3, 0.4) is 0 Å². The molecule has 5 aromatic heterocycles. The molecule has 12 rings (SSSR count). The van der Waals surface area contributed by atoms with Gasteiger partial charge in [0.15, 0.2) is 39.0 Å². The van der Waals surface area contributed by atoms with Crippen LogP contribution < -0.4 is 22.9 Å². The molecular formula is C66H80N10O22S8+4. The molecule has 32 nitrogen and oxygen atoms in total. The van der Waals surface area contributed by atoms with Crippen LogP contribution in [0.15, 0.2) is 202 Å². The minimum absolute atomic E-state index is 0.0258. The summed E-state index contributed by atoms with van der Waals surface area (Å²) in [6.45, 7) is -0.701. The van der Waals surface area contributed by atoms with Crippen LogP contribution in [0.4, 0.5) is 5.69 Å². The average Bonchev–Trinajstić information content (AvgIpc) is 0.784. The lowest BCUT2D eigenvalue weighted by molar-refractivity contribution is -0.610. The largest absolute Gasteiger partial charge is 0.388 e. The van der Waals surface area contributed by atoms with Crippen molar-refractivity contribution in [1.29, 1.82) is 0 Å². The van der Waals surface area contributed by atoms with E-state index >= 15 is 0 Å². The van der Waals surface area contributed by atoms with E-state index in [9.17, 15) is 91.8 Å². The van der Waals surface area contributed by atoms with Crippen LogP contribution in [0.5, 0.6) is 0 Å². The number of sulfonamides is 1. The molecule has 0 amide bonds. The molecule has 0 radical (unpaired) electrons. The zero-order chi connectivity index (χ0) is 77.0. The van der Waals surface area contributed by atoms with E-state index in [1.165, 1.54) is 79.1 Å². The molecule has 4 fully saturated rings. The molecule has 0 unspecified atom stereocenters. The Morgan fingerprint density at radius 1 is 0.387 bits per heavy atom. The van der Waals surface area contributed by atoms with Gasteiger partial charge >= 0.3 is 20.1 Å². The number of pyridine rings is 1.